The van der Waals surface area contributed by atoms with Crippen LogP contribution in [0, 0.1) is 0 Å². The maximum Gasteiger partial charge on any atom is 0.315 e. The van der Waals surface area contributed by atoms with Gasteiger partial charge in [-0.2, -0.15) is 0 Å². The molecule has 1 aliphatic heterocycles. The van der Waals surface area contributed by atoms with Gasteiger partial charge < -0.3 is 20.1 Å². The monoisotopic (exact) mass is 341 g/mol. The summed E-state index contributed by atoms with van der Waals surface area (Å²) in [5.74, 6) is 0.988. The molecule has 2 heterocycles. The number of para-hydroxylation sites is 2. The van der Waals surface area contributed by atoms with E-state index in [0.29, 0.717) is 25.6 Å². The molecule has 2 aromatic rings. The molecule has 0 bridgehead atoms. The van der Waals surface area contributed by atoms with Crippen LogP contribution >= 0.6 is 0 Å². The Hall–Kier alpha value is -2.57. The molecule has 2 N–H and O–H groups in total. The number of rotatable bonds is 5. The van der Waals surface area contributed by atoms with E-state index in [1.807, 2.05) is 29.2 Å². The lowest BCUT2D eigenvalue weighted by Gasteiger charge is -2.16. The Balaban J connectivity index is 1.35. The first kappa shape index (κ1) is 15.9. The topological polar surface area (TPSA) is 79.3 Å². The van der Waals surface area contributed by atoms with Crippen LogP contribution in [0.4, 0.5) is 4.79 Å². The van der Waals surface area contributed by atoms with E-state index in [9.17, 15) is 9.59 Å². The maximum atomic E-state index is 12.2. The number of nitrogens with zero attached hydrogens (tertiary/aromatic N) is 3. The van der Waals surface area contributed by atoms with Crippen LogP contribution in [0.5, 0.6) is 0 Å². The number of imidazole rings is 1. The fourth-order valence-electron chi connectivity index (χ4n) is 3.58. The molecule has 0 radical (unpaired) electrons. The number of benzene rings is 1. The van der Waals surface area contributed by atoms with E-state index in [1.54, 1.807) is 0 Å². The summed E-state index contributed by atoms with van der Waals surface area (Å²) >= 11 is 0. The van der Waals surface area contributed by atoms with Crippen LogP contribution < -0.4 is 10.6 Å². The predicted molar refractivity (Wildman–Crippen MR) is 93.9 cm³/mol. The molecule has 1 aliphatic carbocycles. The summed E-state index contributed by atoms with van der Waals surface area (Å²) in [4.78, 5) is 30.7. The van der Waals surface area contributed by atoms with Crippen molar-refractivity contribution in [2.75, 3.05) is 6.54 Å². The van der Waals surface area contributed by atoms with E-state index >= 15 is 0 Å². The van der Waals surface area contributed by atoms with Crippen LogP contribution in [-0.2, 0) is 17.9 Å². The highest BCUT2D eigenvalue weighted by molar-refractivity contribution is 5.82. The van der Waals surface area contributed by atoms with Crippen molar-refractivity contribution in [3.63, 3.8) is 0 Å². The van der Waals surface area contributed by atoms with Gasteiger partial charge in [-0.05, 0) is 31.9 Å². The molecule has 1 aromatic heterocycles. The molecule has 4 rings (SSSR count). The molecular formula is C18H23N5O2. The second kappa shape index (κ2) is 6.38. The molecule has 2 aliphatic rings. The third-order valence-corrected chi connectivity index (χ3v) is 4.94. The smallest absolute Gasteiger partial charge is 0.315 e. The Bertz CT molecular complexity index is 811. The van der Waals surface area contributed by atoms with Crippen molar-refractivity contribution in [1.29, 1.82) is 0 Å². The maximum absolute atomic E-state index is 12.2. The van der Waals surface area contributed by atoms with E-state index < -0.39 is 0 Å². The lowest BCUT2D eigenvalue weighted by Crippen LogP contribution is -2.43. The highest BCUT2D eigenvalue weighted by Crippen LogP contribution is 2.30. The van der Waals surface area contributed by atoms with Gasteiger partial charge in [-0.15, -0.1) is 0 Å². The summed E-state index contributed by atoms with van der Waals surface area (Å²) in [6.45, 7) is 3.85. The van der Waals surface area contributed by atoms with Crippen molar-refractivity contribution in [2.24, 2.45) is 0 Å². The van der Waals surface area contributed by atoms with Crippen molar-refractivity contribution >= 4 is 23.0 Å². The van der Waals surface area contributed by atoms with Crippen LogP contribution in [0.25, 0.3) is 11.0 Å². The number of nitrogens with one attached hydrogen (secondary N) is 2. The number of fused-ring (bicyclic) bond motifs is 1. The van der Waals surface area contributed by atoms with E-state index in [0.717, 1.165) is 36.2 Å². The van der Waals surface area contributed by atoms with E-state index in [-0.39, 0.29) is 18.0 Å². The first-order chi connectivity index (χ1) is 12.2. The second-order valence-corrected chi connectivity index (χ2v) is 6.77. The summed E-state index contributed by atoms with van der Waals surface area (Å²) < 4.78 is 2.10. The molecule has 7 heteroatoms. The van der Waals surface area contributed by atoms with Gasteiger partial charge in [0.2, 0.25) is 5.91 Å². The Morgan fingerprint density at radius 1 is 1.32 bits per heavy atom. The standard InChI is InChI=1S/C18H23N5O2/c1-2-22-15-6-4-3-5-14(15)21-16(22)10-19-18(25)20-12-9-17(24)23(11-12)13-7-8-13/h3-6,12-13H,2,7-11H2,1H3,(H2,19,20,25). The predicted octanol–water partition coefficient (Wildman–Crippen LogP) is 1.62. The summed E-state index contributed by atoms with van der Waals surface area (Å²) in [7, 11) is 0. The number of carbonyl (C=O) groups excluding carboxylic acids is 2. The lowest BCUT2D eigenvalue weighted by molar-refractivity contribution is -0.128. The van der Waals surface area contributed by atoms with Gasteiger partial charge in [-0.3, -0.25) is 4.79 Å². The molecule has 1 aromatic carbocycles. The Labute approximate surface area is 146 Å². The van der Waals surface area contributed by atoms with E-state index in [2.05, 4.69) is 27.1 Å². The van der Waals surface area contributed by atoms with E-state index in [4.69, 9.17) is 0 Å². The molecule has 1 saturated carbocycles. The zero-order chi connectivity index (χ0) is 17.4. The summed E-state index contributed by atoms with van der Waals surface area (Å²) in [6.07, 6.45) is 2.59. The van der Waals surface area contributed by atoms with Crippen molar-refractivity contribution in [2.45, 2.75) is 51.4 Å². The fourth-order valence-corrected chi connectivity index (χ4v) is 3.58. The molecule has 3 amide bonds. The molecule has 2 fully saturated rings. The van der Waals surface area contributed by atoms with Crippen molar-refractivity contribution in [3.8, 4) is 0 Å². The average Bonchev–Trinajstić information content (AvgIpc) is 3.29. The number of hydrogen-bond acceptors (Lipinski definition) is 3. The highest BCUT2D eigenvalue weighted by Gasteiger charge is 2.39. The zero-order valence-corrected chi connectivity index (χ0v) is 14.4. The van der Waals surface area contributed by atoms with Crippen molar-refractivity contribution < 1.29 is 9.59 Å². The fraction of sp³-hybridized carbons (Fsp3) is 0.500. The van der Waals surface area contributed by atoms with Gasteiger partial charge in [0.05, 0.1) is 23.6 Å². The largest absolute Gasteiger partial charge is 0.338 e. The quantitative estimate of drug-likeness (QED) is 0.867. The Morgan fingerprint density at radius 3 is 2.88 bits per heavy atom. The van der Waals surface area contributed by atoms with Gasteiger partial charge in [-0.1, -0.05) is 12.1 Å². The van der Waals surface area contributed by atoms with Crippen molar-refractivity contribution in [3.05, 3.63) is 30.1 Å². The number of aryl methyl sites for hydroxylation is 1. The number of hydrogen-bond donors (Lipinski definition) is 2. The molecule has 0 spiro atoms. The van der Waals surface area contributed by atoms with Gasteiger partial charge in [0.1, 0.15) is 5.82 Å². The van der Waals surface area contributed by atoms with Gasteiger partial charge in [0, 0.05) is 25.6 Å². The SMILES string of the molecule is CCn1c(CNC(=O)NC2CC(=O)N(C3CC3)C2)nc2ccccc21. The van der Waals surface area contributed by atoms with Crippen LogP contribution in [0.3, 0.4) is 0 Å². The minimum absolute atomic E-state index is 0.0990. The Kier molecular flexibility index (Phi) is 4.07. The molecular weight excluding hydrogens is 318 g/mol. The van der Waals surface area contributed by atoms with Crippen LogP contribution in [0.1, 0.15) is 32.0 Å². The molecule has 1 unspecified atom stereocenters. The van der Waals surface area contributed by atoms with Gasteiger partial charge in [0.25, 0.3) is 0 Å². The molecule has 132 valence electrons. The average molecular weight is 341 g/mol. The van der Waals surface area contributed by atoms with E-state index in [1.165, 1.54) is 0 Å². The molecule has 7 nitrogen and oxygen atoms in total. The highest BCUT2D eigenvalue weighted by atomic mass is 16.2. The van der Waals surface area contributed by atoms with Gasteiger partial charge in [0.15, 0.2) is 0 Å². The number of amides is 3. The minimum atomic E-state index is -0.245. The molecule has 1 atom stereocenters. The van der Waals surface area contributed by atoms with Crippen LogP contribution in [-0.4, -0.2) is 45.0 Å². The Morgan fingerprint density at radius 2 is 2.12 bits per heavy atom. The number of aromatic nitrogens is 2. The third kappa shape index (κ3) is 3.18. The molecule has 25 heavy (non-hydrogen) atoms. The number of likely N-dealkylation sites (tertiary alicyclic amines) is 1. The van der Waals surface area contributed by atoms with Gasteiger partial charge in [-0.25, -0.2) is 9.78 Å². The zero-order valence-electron chi connectivity index (χ0n) is 14.4. The second-order valence-electron chi connectivity index (χ2n) is 6.77. The summed E-state index contributed by atoms with van der Waals surface area (Å²) in [5, 5.41) is 5.79. The third-order valence-electron chi connectivity index (χ3n) is 4.94. The van der Waals surface area contributed by atoms with Gasteiger partial charge >= 0.3 is 6.03 Å². The summed E-state index contributed by atoms with van der Waals surface area (Å²) in [6, 6.07) is 8.02. The first-order valence-corrected chi connectivity index (χ1v) is 8.93. The number of carbonyl (C=O) groups is 2. The lowest BCUT2D eigenvalue weighted by atomic mass is 10.2. The number of urea groups is 1. The summed E-state index contributed by atoms with van der Waals surface area (Å²) in [5.41, 5.74) is 2.01. The first-order valence-electron chi connectivity index (χ1n) is 8.93. The molecule has 1 saturated heterocycles. The van der Waals surface area contributed by atoms with Crippen LogP contribution in [0.15, 0.2) is 24.3 Å². The van der Waals surface area contributed by atoms with Crippen molar-refractivity contribution in [1.82, 2.24) is 25.1 Å². The normalized spacial score (nSPS) is 20.3. The van der Waals surface area contributed by atoms with Crippen LogP contribution in [0.2, 0.25) is 0 Å². The minimum Gasteiger partial charge on any atom is -0.338 e.